The first-order valence-electron chi connectivity index (χ1n) is 8.59. The summed E-state index contributed by atoms with van der Waals surface area (Å²) >= 11 is 0. The maximum Gasteiger partial charge on any atom is 0.331 e. The molecule has 1 aromatic heterocycles. The SMILES string of the molecule is CCOC(=O)C1(NC(=O)c2ccc(-n3cncn3)cc2)CCCCC1. The molecule has 2 aromatic rings. The zero-order valence-electron chi connectivity index (χ0n) is 14.3. The van der Waals surface area contributed by atoms with Crippen LogP contribution in [-0.4, -0.2) is 38.8 Å². The summed E-state index contributed by atoms with van der Waals surface area (Å²) in [7, 11) is 0. The van der Waals surface area contributed by atoms with Crippen molar-refractivity contribution in [2.24, 2.45) is 0 Å². The number of carbonyl (C=O) groups is 2. The van der Waals surface area contributed by atoms with Crippen LogP contribution < -0.4 is 5.32 Å². The van der Waals surface area contributed by atoms with Crippen LogP contribution in [0, 0.1) is 0 Å². The Kier molecular flexibility index (Phi) is 5.11. The predicted molar refractivity (Wildman–Crippen MR) is 91.3 cm³/mol. The number of hydrogen-bond donors (Lipinski definition) is 1. The van der Waals surface area contributed by atoms with Gasteiger partial charge in [0.2, 0.25) is 0 Å². The maximum absolute atomic E-state index is 12.7. The largest absolute Gasteiger partial charge is 0.464 e. The van der Waals surface area contributed by atoms with Crippen LogP contribution in [0.15, 0.2) is 36.9 Å². The molecular formula is C18H22N4O3. The van der Waals surface area contributed by atoms with Crippen molar-refractivity contribution < 1.29 is 14.3 Å². The molecule has 1 saturated carbocycles. The minimum absolute atomic E-state index is 0.264. The monoisotopic (exact) mass is 342 g/mol. The summed E-state index contributed by atoms with van der Waals surface area (Å²) in [4.78, 5) is 29.0. The summed E-state index contributed by atoms with van der Waals surface area (Å²) in [6.07, 6.45) is 7.17. The van der Waals surface area contributed by atoms with Crippen LogP contribution >= 0.6 is 0 Å². The molecule has 1 N–H and O–H groups in total. The number of nitrogens with zero attached hydrogens (tertiary/aromatic N) is 3. The lowest BCUT2D eigenvalue weighted by Crippen LogP contribution is -2.56. The Morgan fingerprint density at radius 1 is 1.20 bits per heavy atom. The molecule has 1 amide bonds. The van der Waals surface area contributed by atoms with Gasteiger partial charge >= 0.3 is 5.97 Å². The van der Waals surface area contributed by atoms with Gasteiger partial charge in [0.25, 0.3) is 5.91 Å². The molecule has 7 heteroatoms. The Hall–Kier alpha value is -2.70. The Labute approximate surface area is 146 Å². The van der Waals surface area contributed by atoms with Crippen LogP contribution in [-0.2, 0) is 9.53 Å². The van der Waals surface area contributed by atoms with E-state index < -0.39 is 5.54 Å². The standard InChI is InChI=1S/C18H22N4O3/c1-2-25-17(24)18(10-4-3-5-11-18)21-16(23)14-6-8-15(9-7-14)22-13-19-12-20-22/h6-9,12-13H,2-5,10-11H2,1H3,(H,21,23). The number of aromatic nitrogens is 3. The Morgan fingerprint density at radius 2 is 1.92 bits per heavy atom. The molecule has 0 spiro atoms. The van der Waals surface area contributed by atoms with E-state index in [9.17, 15) is 9.59 Å². The lowest BCUT2D eigenvalue weighted by molar-refractivity contribution is -0.152. The molecule has 0 aliphatic heterocycles. The predicted octanol–water partition coefficient (Wildman–Crippen LogP) is 2.26. The summed E-state index contributed by atoms with van der Waals surface area (Å²) in [6.45, 7) is 2.09. The third kappa shape index (κ3) is 3.70. The van der Waals surface area contributed by atoms with Gasteiger partial charge in [-0.3, -0.25) is 4.79 Å². The minimum atomic E-state index is -0.907. The van der Waals surface area contributed by atoms with Crippen LogP contribution in [0.5, 0.6) is 0 Å². The first-order chi connectivity index (χ1) is 12.1. The van der Waals surface area contributed by atoms with E-state index in [1.54, 1.807) is 42.2 Å². The van der Waals surface area contributed by atoms with E-state index in [2.05, 4.69) is 15.4 Å². The van der Waals surface area contributed by atoms with Gasteiger partial charge in [-0.1, -0.05) is 19.3 Å². The molecule has 132 valence electrons. The van der Waals surface area contributed by atoms with E-state index >= 15 is 0 Å². The number of amides is 1. The molecule has 0 bridgehead atoms. The number of nitrogens with one attached hydrogen (secondary N) is 1. The summed E-state index contributed by atoms with van der Waals surface area (Å²) in [6, 6.07) is 7.02. The highest BCUT2D eigenvalue weighted by Crippen LogP contribution is 2.30. The molecule has 1 aliphatic carbocycles. The van der Waals surface area contributed by atoms with Crippen LogP contribution in [0.4, 0.5) is 0 Å². The van der Waals surface area contributed by atoms with E-state index in [0.717, 1.165) is 24.9 Å². The smallest absolute Gasteiger partial charge is 0.331 e. The average molecular weight is 342 g/mol. The molecule has 7 nitrogen and oxygen atoms in total. The zero-order chi connectivity index (χ0) is 17.7. The number of esters is 1. The van der Waals surface area contributed by atoms with Gasteiger partial charge in [0, 0.05) is 5.56 Å². The number of benzene rings is 1. The number of carbonyl (C=O) groups excluding carboxylic acids is 2. The third-order valence-corrected chi connectivity index (χ3v) is 4.54. The second kappa shape index (κ2) is 7.46. The number of hydrogen-bond acceptors (Lipinski definition) is 5. The number of ether oxygens (including phenoxy) is 1. The summed E-state index contributed by atoms with van der Waals surface area (Å²) in [5, 5.41) is 6.99. The van der Waals surface area contributed by atoms with Crippen molar-refractivity contribution in [3.8, 4) is 5.69 Å². The van der Waals surface area contributed by atoms with Gasteiger partial charge in [-0.2, -0.15) is 5.10 Å². The van der Waals surface area contributed by atoms with Crippen molar-refractivity contribution in [2.75, 3.05) is 6.61 Å². The molecule has 0 saturated heterocycles. The molecule has 1 aromatic carbocycles. The maximum atomic E-state index is 12.7. The second-order valence-corrected chi connectivity index (χ2v) is 6.20. The highest BCUT2D eigenvalue weighted by molar-refractivity contribution is 5.98. The van der Waals surface area contributed by atoms with Gasteiger partial charge in [-0.25, -0.2) is 14.5 Å². The van der Waals surface area contributed by atoms with Gasteiger partial charge in [0.1, 0.15) is 18.2 Å². The number of rotatable bonds is 5. The molecule has 1 heterocycles. The van der Waals surface area contributed by atoms with Crippen molar-refractivity contribution in [1.82, 2.24) is 20.1 Å². The zero-order valence-corrected chi connectivity index (χ0v) is 14.3. The van der Waals surface area contributed by atoms with Gasteiger partial charge in [-0.05, 0) is 44.0 Å². The quantitative estimate of drug-likeness (QED) is 0.842. The molecular weight excluding hydrogens is 320 g/mol. The van der Waals surface area contributed by atoms with Crippen molar-refractivity contribution in [3.63, 3.8) is 0 Å². The summed E-state index contributed by atoms with van der Waals surface area (Å²) in [5.74, 6) is -0.595. The first kappa shape index (κ1) is 17.1. The minimum Gasteiger partial charge on any atom is -0.464 e. The molecule has 1 aliphatic rings. The van der Waals surface area contributed by atoms with Crippen LogP contribution in [0.2, 0.25) is 0 Å². The van der Waals surface area contributed by atoms with Crippen molar-refractivity contribution in [3.05, 3.63) is 42.5 Å². The van der Waals surface area contributed by atoms with Gasteiger partial charge in [-0.15, -0.1) is 0 Å². The molecule has 0 atom stereocenters. The lowest BCUT2D eigenvalue weighted by Gasteiger charge is -2.35. The molecule has 25 heavy (non-hydrogen) atoms. The van der Waals surface area contributed by atoms with E-state index in [1.165, 1.54) is 6.33 Å². The Balaban J connectivity index is 1.76. The molecule has 0 unspecified atom stereocenters. The van der Waals surface area contributed by atoms with E-state index in [4.69, 9.17) is 4.74 Å². The van der Waals surface area contributed by atoms with Gasteiger partial charge in [0.15, 0.2) is 0 Å². The second-order valence-electron chi connectivity index (χ2n) is 6.20. The highest BCUT2D eigenvalue weighted by Gasteiger charge is 2.42. The molecule has 3 rings (SSSR count). The molecule has 0 radical (unpaired) electrons. The van der Waals surface area contributed by atoms with Gasteiger partial charge in [0.05, 0.1) is 12.3 Å². The topological polar surface area (TPSA) is 86.1 Å². The van der Waals surface area contributed by atoms with Crippen LogP contribution in [0.1, 0.15) is 49.4 Å². The summed E-state index contributed by atoms with van der Waals surface area (Å²) < 4.78 is 6.83. The van der Waals surface area contributed by atoms with Crippen molar-refractivity contribution in [2.45, 2.75) is 44.6 Å². The van der Waals surface area contributed by atoms with Crippen LogP contribution in [0.3, 0.4) is 0 Å². The lowest BCUT2D eigenvalue weighted by atomic mass is 9.81. The third-order valence-electron chi connectivity index (χ3n) is 4.54. The first-order valence-corrected chi connectivity index (χ1v) is 8.59. The summed E-state index contributed by atoms with van der Waals surface area (Å²) in [5.41, 5.74) is 0.403. The van der Waals surface area contributed by atoms with Crippen molar-refractivity contribution in [1.29, 1.82) is 0 Å². The average Bonchev–Trinajstić information content (AvgIpc) is 3.17. The fourth-order valence-electron chi connectivity index (χ4n) is 3.20. The van der Waals surface area contributed by atoms with Crippen molar-refractivity contribution >= 4 is 11.9 Å². The molecule has 1 fully saturated rings. The van der Waals surface area contributed by atoms with E-state index in [0.29, 0.717) is 25.0 Å². The van der Waals surface area contributed by atoms with Gasteiger partial charge < -0.3 is 10.1 Å². The fraction of sp³-hybridized carbons (Fsp3) is 0.444. The van der Waals surface area contributed by atoms with E-state index in [-0.39, 0.29) is 11.9 Å². The Bertz CT molecular complexity index is 719. The highest BCUT2D eigenvalue weighted by atomic mass is 16.5. The van der Waals surface area contributed by atoms with Crippen LogP contribution in [0.25, 0.3) is 5.69 Å². The normalized spacial score (nSPS) is 16.2. The fourth-order valence-corrected chi connectivity index (χ4v) is 3.20. The van der Waals surface area contributed by atoms with E-state index in [1.807, 2.05) is 0 Å². The Morgan fingerprint density at radius 3 is 2.52 bits per heavy atom.